The van der Waals surface area contributed by atoms with Gasteiger partial charge in [-0.1, -0.05) is 32.4 Å². The molecule has 0 unspecified atom stereocenters. The molecule has 1 saturated heterocycles. The zero-order chi connectivity index (χ0) is 17.0. The summed E-state index contributed by atoms with van der Waals surface area (Å²) in [5, 5.41) is 0.0904. The van der Waals surface area contributed by atoms with Crippen LogP contribution in [0.4, 0.5) is 0 Å². The predicted molar refractivity (Wildman–Crippen MR) is 89.9 cm³/mol. The van der Waals surface area contributed by atoms with E-state index in [-0.39, 0.29) is 22.8 Å². The second-order valence-corrected chi connectivity index (χ2v) is 13.2. The molecule has 1 saturated carbocycles. The molecule has 3 aliphatic rings. The van der Waals surface area contributed by atoms with Crippen LogP contribution in [0.5, 0.6) is 0 Å². The Balaban J connectivity index is 1.94. The Labute approximate surface area is 139 Å². The number of ether oxygens (including phenoxy) is 1. The van der Waals surface area contributed by atoms with E-state index in [9.17, 15) is 9.59 Å². The zero-order valence-electron chi connectivity index (χ0n) is 14.6. The van der Waals surface area contributed by atoms with Crippen LogP contribution in [0.2, 0.25) is 18.1 Å². The van der Waals surface area contributed by atoms with Crippen LogP contribution in [0.1, 0.15) is 40.0 Å². The number of carbonyl (C=O) groups excluding carboxylic acids is 2. The molecule has 0 N–H and O–H groups in total. The van der Waals surface area contributed by atoms with Crippen LogP contribution in [0.25, 0.3) is 0 Å². The Bertz CT molecular complexity index is 609. The molecular weight excluding hydrogens is 308 g/mol. The number of esters is 2. The standard InChI is InChI=1S/C18H26O4Si/c1-18(2,3)23(4,5)21-10-12-9-11-7-6-8-13(11)15-14(12)16(19)22-17(15)20/h9-10,13-15H,6-8H2,1-5H3/b12-10-/t13-,14+,15-/m0/s1. The molecule has 3 rings (SSSR count). The van der Waals surface area contributed by atoms with Gasteiger partial charge in [0, 0.05) is 5.57 Å². The normalized spacial score (nSPS) is 32.5. The highest BCUT2D eigenvalue weighted by Gasteiger charge is 2.53. The van der Waals surface area contributed by atoms with Gasteiger partial charge >= 0.3 is 11.9 Å². The highest BCUT2D eigenvalue weighted by molar-refractivity contribution is 6.74. The van der Waals surface area contributed by atoms with Gasteiger partial charge in [-0.2, -0.15) is 0 Å². The lowest BCUT2D eigenvalue weighted by atomic mass is 9.72. The van der Waals surface area contributed by atoms with Crippen LogP contribution in [-0.4, -0.2) is 20.3 Å². The fraction of sp³-hybridized carbons (Fsp3) is 0.667. The lowest BCUT2D eigenvalue weighted by molar-refractivity contribution is -0.153. The summed E-state index contributed by atoms with van der Waals surface area (Å²) in [6.45, 7) is 10.9. The Kier molecular flexibility index (Phi) is 3.82. The lowest BCUT2D eigenvalue weighted by Gasteiger charge is -2.36. The van der Waals surface area contributed by atoms with Crippen molar-refractivity contribution >= 4 is 20.3 Å². The third-order valence-corrected chi connectivity index (χ3v) is 10.3. The molecule has 0 aromatic heterocycles. The van der Waals surface area contributed by atoms with E-state index in [4.69, 9.17) is 9.16 Å². The molecule has 126 valence electrons. The Morgan fingerprint density at radius 2 is 1.96 bits per heavy atom. The first-order valence-corrected chi connectivity index (χ1v) is 11.4. The second kappa shape index (κ2) is 5.33. The van der Waals surface area contributed by atoms with Gasteiger partial charge in [-0.15, -0.1) is 0 Å². The van der Waals surface area contributed by atoms with E-state index in [2.05, 4.69) is 39.9 Å². The number of fused-ring (bicyclic) bond motifs is 3. The highest BCUT2D eigenvalue weighted by atomic mass is 28.4. The summed E-state index contributed by atoms with van der Waals surface area (Å²) in [6.07, 6.45) is 6.90. The van der Waals surface area contributed by atoms with Crippen molar-refractivity contribution in [1.29, 1.82) is 0 Å². The zero-order valence-corrected chi connectivity index (χ0v) is 15.6. The lowest BCUT2D eigenvalue weighted by Crippen LogP contribution is -2.39. The maximum absolute atomic E-state index is 12.2. The molecule has 0 bridgehead atoms. The van der Waals surface area contributed by atoms with Crippen LogP contribution in [0.15, 0.2) is 23.5 Å². The summed E-state index contributed by atoms with van der Waals surface area (Å²) in [4.78, 5) is 24.3. The first-order valence-electron chi connectivity index (χ1n) is 8.46. The van der Waals surface area contributed by atoms with Crippen LogP contribution in [0.3, 0.4) is 0 Å². The number of rotatable bonds is 2. The fourth-order valence-corrected chi connectivity index (χ4v) is 4.33. The largest absolute Gasteiger partial charge is 0.549 e. The van der Waals surface area contributed by atoms with E-state index in [1.54, 1.807) is 6.26 Å². The van der Waals surface area contributed by atoms with Crippen molar-refractivity contribution in [2.75, 3.05) is 0 Å². The summed E-state index contributed by atoms with van der Waals surface area (Å²) in [6, 6.07) is 0. The summed E-state index contributed by atoms with van der Waals surface area (Å²) >= 11 is 0. The van der Waals surface area contributed by atoms with Gasteiger partial charge in [-0.25, -0.2) is 0 Å². The summed E-state index contributed by atoms with van der Waals surface area (Å²) in [5.74, 6) is -1.38. The maximum atomic E-state index is 12.2. The van der Waals surface area contributed by atoms with Gasteiger partial charge < -0.3 is 9.16 Å². The number of cyclic esters (lactones) is 2. The molecule has 5 heteroatoms. The van der Waals surface area contributed by atoms with Crippen LogP contribution in [-0.2, 0) is 18.8 Å². The predicted octanol–water partition coefficient (Wildman–Crippen LogP) is 3.95. The van der Waals surface area contributed by atoms with E-state index >= 15 is 0 Å². The molecule has 0 amide bonds. The maximum Gasteiger partial charge on any atom is 0.322 e. The third kappa shape index (κ3) is 2.69. The molecule has 23 heavy (non-hydrogen) atoms. The smallest absolute Gasteiger partial charge is 0.322 e. The molecule has 2 fully saturated rings. The van der Waals surface area contributed by atoms with Crippen molar-refractivity contribution in [2.45, 2.75) is 58.2 Å². The molecular formula is C18H26O4Si. The number of hydrogen-bond donors (Lipinski definition) is 0. The van der Waals surface area contributed by atoms with Crippen molar-refractivity contribution in [2.24, 2.45) is 17.8 Å². The number of carbonyl (C=O) groups is 2. The molecule has 0 aromatic rings. The van der Waals surface area contributed by atoms with E-state index in [1.807, 2.05) is 0 Å². The molecule has 0 radical (unpaired) electrons. The molecule has 4 nitrogen and oxygen atoms in total. The van der Waals surface area contributed by atoms with Gasteiger partial charge in [0.2, 0.25) is 8.32 Å². The van der Waals surface area contributed by atoms with Gasteiger partial charge in [0.05, 0.1) is 18.1 Å². The van der Waals surface area contributed by atoms with Crippen LogP contribution in [0, 0.1) is 17.8 Å². The first-order chi connectivity index (χ1) is 10.6. The molecule has 1 aliphatic heterocycles. The van der Waals surface area contributed by atoms with Gasteiger partial charge in [0.15, 0.2) is 0 Å². The minimum atomic E-state index is -1.95. The highest BCUT2D eigenvalue weighted by Crippen LogP contribution is 2.50. The second-order valence-electron chi connectivity index (χ2n) is 8.46. The summed E-state index contributed by atoms with van der Waals surface area (Å²) < 4.78 is 11.1. The molecule has 3 atom stereocenters. The van der Waals surface area contributed by atoms with Crippen LogP contribution < -0.4 is 0 Å². The Hall–Kier alpha value is -1.36. The third-order valence-electron chi connectivity index (χ3n) is 5.98. The summed E-state index contributed by atoms with van der Waals surface area (Å²) in [7, 11) is -1.95. The quantitative estimate of drug-likeness (QED) is 0.332. The van der Waals surface area contributed by atoms with Gasteiger partial charge in [-0.05, 0) is 43.3 Å². The van der Waals surface area contributed by atoms with Crippen molar-refractivity contribution in [3.05, 3.63) is 23.5 Å². The van der Waals surface area contributed by atoms with Crippen molar-refractivity contribution in [1.82, 2.24) is 0 Å². The van der Waals surface area contributed by atoms with Gasteiger partial charge in [0.25, 0.3) is 0 Å². The summed E-state index contributed by atoms with van der Waals surface area (Å²) in [5.41, 5.74) is 2.10. The van der Waals surface area contributed by atoms with E-state index in [0.717, 1.165) is 24.8 Å². The van der Waals surface area contributed by atoms with E-state index < -0.39 is 20.2 Å². The Morgan fingerprint density at radius 1 is 1.26 bits per heavy atom. The molecule has 0 aromatic carbocycles. The fourth-order valence-electron chi connectivity index (χ4n) is 3.54. The minimum absolute atomic E-state index is 0.0904. The van der Waals surface area contributed by atoms with Crippen LogP contribution >= 0.6 is 0 Å². The molecule has 2 aliphatic carbocycles. The monoisotopic (exact) mass is 334 g/mol. The molecule has 1 heterocycles. The minimum Gasteiger partial charge on any atom is -0.549 e. The first kappa shape index (κ1) is 16.5. The average Bonchev–Trinajstić information content (AvgIpc) is 2.99. The average molecular weight is 334 g/mol. The molecule has 0 spiro atoms. The van der Waals surface area contributed by atoms with E-state index in [0.29, 0.717) is 0 Å². The number of allylic oxidation sites excluding steroid dienone is 2. The SMILES string of the molecule is CC(C)(C)[Si](C)(C)O/C=C1/C=C2CCC[C@@H]2[C@@H]2C(=O)OC(=O)[C@H]12. The Morgan fingerprint density at radius 3 is 2.61 bits per heavy atom. The van der Waals surface area contributed by atoms with Crippen molar-refractivity contribution in [3.63, 3.8) is 0 Å². The van der Waals surface area contributed by atoms with Gasteiger partial charge in [0.1, 0.15) is 0 Å². The van der Waals surface area contributed by atoms with Crippen molar-refractivity contribution < 1.29 is 18.8 Å². The van der Waals surface area contributed by atoms with E-state index in [1.165, 1.54) is 5.57 Å². The number of hydrogen-bond acceptors (Lipinski definition) is 4. The van der Waals surface area contributed by atoms with Gasteiger partial charge in [-0.3, -0.25) is 9.59 Å². The topological polar surface area (TPSA) is 52.6 Å². The van der Waals surface area contributed by atoms with Crippen molar-refractivity contribution in [3.8, 4) is 0 Å².